The first-order chi connectivity index (χ1) is 9.69. The summed E-state index contributed by atoms with van der Waals surface area (Å²) >= 11 is 0. The Morgan fingerprint density at radius 1 is 1.45 bits per heavy atom. The highest BCUT2D eigenvalue weighted by molar-refractivity contribution is 5.81. The number of hydrogen-bond donors (Lipinski definition) is 2. The van der Waals surface area contributed by atoms with Crippen LogP contribution in [0.15, 0.2) is 30.3 Å². The minimum absolute atomic E-state index is 0.00147. The van der Waals surface area contributed by atoms with Crippen LogP contribution in [0.3, 0.4) is 0 Å². The molecule has 3 N–H and O–H groups in total. The molecular formula is C16H25N3O. The largest absolute Gasteiger partial charge is 0.351 e. The van der Waals surface area contributed by atoms with Crippen molar-refractivity contribution in [3.63, 3.8) is 0 Å². The Balaban J connectivity index is 1.76. The van der Waals surface area contributed by atoms with Crippen LogP contribution in [0, 0.1) is 0 Å². The Hall–Kier alpha value is -1.39. The van der Waals surface area contributed by atoms with Gasteiger partial charge in [0.1, 0.15) is 0 Å². The monoisotopic (exact) mass is 275 g/mol. The minimum Gasteiger partial charge on any atom is -0.351 e. The van der Waals surface area contributed by atoms with E-state index in [4.69, 9.17) is 5.73 Å². The van der Waals surface area contributed by atoms with Crippen LogP contribution in [0.4, 0.5) is 0 Å². The van der Waals surface area contributed by atoms with Gasteiger partial charge in [-0.15, -0.1) is 0 Å². The second-order valence-electron chi connectivity index (χ2n) is 5.61. The minimum atomic E-state index is -0.358. The van der Waals surface area contributed by atoms with Gasteiger partial charge in [-0.25, -0.2) is 0 Å². The van der Waals surface area contributed by atoms with Crippen LogP contribution in [0.1, 0.15) is 31.7 Å². The van der Waals surface area contributed by atoms with E-state index in [1.807, 2.05) is 13.0 Å². The topological polar surface area (TPSA) is 58.4 Å². The third-order valence-electron chi connectivity index (χ3n) is 3.80. The summed E-state index contributed by atoms with van der Waals surface area (Å²) in [5.41, 5.74) is 7.16. The number of likely N-dealkylation sites (tertiary alicyclic amines) is 1. The molecule has 0 aromatic heterocycles. The molecule has 0 aliphatic carbocycles. The van der Waals surface area contributed by atoms with E-state index in [1.54, 1.807) is 0 Å². The van der Waals surface area contributed by atoms with Gasteiger partial charge < -0.3 is 11.1 Å². The van der Waals surface area contributed by atoms with E-state index in [1.165, 1.54) is 5.56 Å². The van der Waals surface area contributed by atoms with Gasteiger partial charge in [0.2, 0.25) is 5.91 Å². The van der Waals surface area contributed by atoms with E-state index >= 15 is 0 Å². The van der Waals surface area contributed by atoms with Gasteiger partial charge in [0, 0.05) is 25.7 Å². The van der Waals surface area contributed by atoms with Gasteiger partial charge in [-0.3, -0.25) is 9.69 Å². The predicted molar refractivity (Wildman–Crippen MR) is 81.2 cm³/mol. The number of hydrogen-bond acceptors (Lipinski definition) is 3. The Kier molecular flexibility index (Phi) is 5.56. The average molecular weight is 275 g/mol. The van der Waals surface area contributed by atoms with Gasteiger partial charge in [-0.2, -0.15) is 0 Å². The molecule has 1 unspecified atom stereocenters. The number of nitrogens with one attached hydrogen (secondary N) is 1. The molecule has 1 aromatic rings. The number of rotatable bonds is 6. The number of benzene rings is 1. The number of carbonyl (C=O) groups is 1. The van der Waals surface area contributed by atoms with E-state index < -0.39 is 0 Å². The van der Waals surface area contributed by atoms with Crippen LogP contribution in [-0.4, -0.2) is 36.0 Å². The molecular weight excluding hydrogens is 250 g/mol. The zero-order chi connectivity index (χ0) is 14.4. The van der Waals surface area contributed by atoms with E-state index in [9.17, 15) is 4.79 Å². The lowest BCUT2D eigenvalue weighted by Gasteiger charge is -2.18. The third kappa shape index (κ3) is 4.32. The van der Waals surface area contributed by atoms with Crippen LogP contribution < -0.4 is 11.1 Å². The fourth-order valence-electron chi connectivity index (χ4n) is 2.69. The summed E-state index contributed by atoms with van der Waals surface area (Å²) in [6, 6.07) is 10.3. The first-order valence-electron chi connectivity index (χ1n) is 7.51. The first-order valence-corrected chi connectivity index (χ1v) is 7.51. The second kappa shape index (κ2) is 7.41. The summed E-state index contributed by atoms with van der Waals surface area (Å²) in [5, 5.41) is 3.07. The van der Waals surface area contributed by atoms with Gasteiger partial charge >= 0.3 is 0 Å². The smallest absolute Gasteiger partial charge is 0.237 e. The number of nitrogens with two attached hydrogens (primary N) is 1. The summed E-state index contributed by atoms with van der Waals surface area (Å²) < 4.78 is 0. The normalized spacial score (nSPS) is 20.8. The van der Waals surface area contributed by atoms with Crippen LogP contribution >= 0.6 is 0 Å². The Bertz CT molecular complexity index is 421. The van der Waals surface area contributed by atoms with Gasteiger partial charge in [-0.1, -0.05) is 43.7 Å². The first kappa shape index (κ1) is 15.0. The molecule has 1 aliphatic heterocycles. The zero-order valence-corrected chi connectivity index (χ0v) is 12.2. The summed E-state index contributed by atoms with van der Waals surface area (Å²) in [6.07, 6.45) is 2.71. The lowest BCUT2D eigenvalue weighted by molar-refractivity contribution is -0.123. The van der Waals surface area contributed by atoms with Gasteiger partial charge in [0.05, 0.1) is 6.04 Å². The molecule has 110 valence electrons. The number of amides is 1. The predicted octanol–water partition coefficient (Wildman–Crippen LogP) is 1.50. The van der Waals surface area contributed by atoms with Crippen LogP contribution in [0.2, 0.25) is 0 Å². The van der Waals surface area contributed by atoms with E-state index in [2.05, 4.69) is 34.5 Å². The maximum Gasteiger partial charge on any atom is 0.237 e. The maximum atomic E-state index is 11.9. The molecule has 0 saturated carbocycles. The van der Waals surface area contributed by atoms with Crippen LogP contribution in [0.25, 0.3) is 0 Å². The molecule has 1 aliphatic rings. The second-order valence-corrected chi connectivity index (χ2v) is 5.61. The van der Waals surface area contributed by atoms with Crippen LogP contribution in [-0.2, 0) is 11.3 Å². The summed E-state index contributed by atoms with van der Waals surface area (Å²) in [7, 11) is 0. The van der Waals surface area contributed by atoms with Crippen molar-refractivity contribution >= 4 is 5.91 Å². The quantitative estimate of drug-likeness (QED) is 0.827. The van der Waals surface area contributed by atoms with Crippen molar-refractivity contribution in [2.75, 3.05) is 13.1 Å². The Morgan fingerprint density at radius 3 is 2.90 bits per heavy atom. The molecule has 2 atom stereocenters. The third-order valence-corrected chi connectivity index (χ3v) is 3.80. The summed E-state index contributed by atoms with van der Waals surface area (Å²) in [6.45, 7) is 4.95. The highest BCUT2D eigenvalue weighted by atomic mass is 16.2. The van der Waals surface area contributed by atoms with E-state index in [-0.39, 0.29) is 18.0 Å². The van der Waals surface area contributed by atoms with Gasteiger partial charge in [0.15, 0.2) is 0 Å². The molecule has 1 aromatic carbocycles. The number of carbonyl (C=O) groups excluding carboxylic acids is 1. The molecule has 1 saturated heterocycles. The van der Waals surface area contributed by atoms with Gasteiger partial charge in [0.25, 0.3) is 0 Å². The Labute approximate surface area is 121 Å². The molecule has 0 bridgehead atoms. The lowest BCUT2D eigenvalue weighted by Crippen LogP contribution is -2.46. The fraction of sp³-hybridized carbons (Fsp3) is 0.562. The number of nitrogens with zero attached hydrogens (tertiary/aromatic N) is 1. The average Bonchev–Trinajstić information content (AvgIpc) is 2.87. The highest BCUT2D eigenvalue weighted by Gasteiger charge is 2.25. The van der Waals surface area contributed by atoms with Gasteiger partial charge in [-0.05, 0) is 18.4 Å². The van der Waals surface area contributed by atoms with Crippen molar-refractivity contribution in [1.29, 1.82) is 0 Å². The lowest BCUT2D eigenvalue weighted by atomic mass is 10.1. The van der Waals surface area contributed by atoms with E-state index in [0.29, 0.717) is 0 Å². The highest BCUT2D eigenvalue weighted by Crippen LogP contribution is 2.13. The standard InChI is InChI=1S/C16H25N3O/c1-2-6-15(17)16(20)18-14-9-10-19(12-14)11-13-7-4-3-5-8-13/h3-5,7-8,14-15H,2,6,9-12,17H2,1H3,(H,18,20)/t14?,15-/m1/s1. The molecule has 1 amide bonds. The van der Waals surface area contributed by atoms with Crippen molar-refractivity contribution in [1.82, 2.24) is 10.2 Å². The van der Waals surface area contributed by atoms with E-state index in [0.717, 1.165) is 38.9 Å². The Morgan fingerprint density at radius 2 is 2.20 bits per heavy atom. The molecule has 1 heterocycles. The molecule has 4 nitrogen and oxygen atoms in total. The maximum absolute atomic E-state index is 11.9. The fourth-order valence-corrected chi connectivity index (χ4v) is 2.69. The van der Waals surface area contributed by atoms with Crippen LogP contribution in [0.5, 0.6) is 0 Å². The molecule has 20 heavy (non-hydrogen) atoms. The molecule has 0 spiro atoms. The van der Waals surface area contributed by atoms with Crippen molar-refractivity contribution in [2.45, 2.75) is 44.8 Å². The van der Waals surface area contributed by atoms with Crippen molar-refractivity contribution < 1.29 is 4.79 Å². The summed E-state index contributed by atoms with van der Waals surface area (Å²) in [5.74, 6) is -0.00147. The molecule has 4 heteroatoms. The zero-order valence-electron chi connectivity index (χ0n) is 12.2. The van der Waals surface area contributed by atoms with Crippen molar-refractivity contribution in [2.24, 2.45) is 5.73 Å². The van der Waals surface area contributed by atoms with Crippen molar-refractivity contribution in [3.05, 3.63) is 35.9 Å². The molecule has 2 rings (SSSR count). The van der Waals surface area contributed by atoms with Crippen molar-refractivity contribution in [3.8, 4) is 0 Å². The molecule has 1 fully saturated rings. The summed E-state index contributed by atoms with van der Waals surface area (Å²) in [4.78, 5) is 14.3. The molecule has 0 radical (unpaired) electrons. The SMILES string of the molecule is CCC[C@@H](N)C(=O)NC1CCN(Cc2ccccc2)C1.